The zero-order valence-electron chi connectivity index (χ0n) is 15.8. The van der Waals surface area contributed by atoms with Crippen molar-refractivity contribution in [1.82, 2.24) is 15.1 Å². The van der Waals surface area contributed by atoms with E-state index in [1.165, 1.54) is 0 Å². The normalized spacial score (nSPS) is 10.6. The standard InChI is InChI=1S/C22H25N3O2/c1-3-9-20-19(16-24-25(20)18-11-5-4-6-12-18)22(26)23-15-14-17-10-7-8-13-21(17)27-2/h4-8,10-13,16H,3,9,14-15H2,1-2H3,(H,23,26). The van der Waals surface area contributed by atoms with Gasteiger partial charge in [0, 0.05) is 6.54 Å². The molecule has 1 amide bonds. The van der Waals surface area contributed by atoms with E-state index in [9.17, 15) is 4.79 Å². The molecule has 0 saturated carbocycles. The Morgan fingerprint density at radius 1 is 1.07 bits per heavy atom. The lowest BCUT2D eigenvalue weighted by Crippen LogP contribution is -2.26. The first-order valence-corrected chi connectivity index (χ1v) is 9.27. The second-order valence-corrected chi connectivity index (χ2v) is 6.32. The molecule has 0 saturated heterocycles. The number of nitrogens with zero attached hydrogens (tertiary/aromatic N) is 2. The van der Waals surface area contributed by atoms with Gasteiger partial charge in [-0.2, -0.15) is 5.10 Å². The first-order valence-electron chi connectivity index (χ1n) is 9.27. The lowest BCUT2D eigenvalue weighted by Gasteiger charge is -2.10. The molecular formula is C22H25N3O2. The third kappa shape index (κ3) is 4.37. The van der Waals surface area contributed by atoms with Gasteiger partial charge < -0.3 is 10.1 Å². The Kier molecular flexibility index (Phi) is 6.26. The van der Waals surface area contributed by atoms with Gasteiger partial charge in [-0.25, -0.2) is 4.68 Å². The van der Waals surface area contributed by atoms with Gasteiger partial charge in [-0.3, -0.25) is 4.79 Å². The molecule has 5 nitrogen and oxygen atoms in total. The number of ether oxygens (including phenoxy) is 1. The van der Waals surface area contributed by atoms with Gasteiger partial charge in [-0.1, -0.05) is 49.7 Å². The lowest BCUT2D eigenvalue weighted by atomic mass is 10.1. The van der Waals surface area contributed by atoms with Crippen LogP contribution in [-0.4, -0.2) is 29.3 Å². The maximum Gasteiger partial charge on any atom is 0.254 e. The Morgan fingerprint density at radius 2 is 1.81 bits per heavy atom. The number of hydrogen-bond donors (Lipinski definition) is 1. The van der Waals surface area contributed by atoms with Gasteiger partial charge in [-0.05, 0) is 36.6 Å². The van der Waals surface area contributed by atoms with Gasteiger partial charge in [0.15, 0.2) is 0 Å². The highest BCUT2D eigenvalue weighted by molar-refractivity contribution is 5.95. The molecule has 0 bridgehead atoms. The number of para-hydroxylation sites is 2. The van der Waals surface area contributed by atoms with Gasteiger partial charge in [0.1, 0.15) is 5.75 Å². The molecular weight excluding hydrogens is 338 g/mol. The highest BCUT2D eigenvalue weighted by atomic mass is 16.5. The van der Waals surface area contributed by atoms with Crippen molar-refractivity contribution in [3.8, 4) is 11.4 Å². The average molecular weight is 363 g/mol. The van der Waals surface area contributed by atoms with Crippen LogP contribution in [0, 0.1) is 0 Å². The second-order valence-electron chi connectivity index (χ2n) is 6.32. The smallest absolute Gasteiger partial charge is 0.254 e. The van der Waals surface area contributed by atoms with Crippen molar-refractivity contribution in [2.24, 2.45) is 0 Å². The molecule has 3 aromatic rings. The third-order valence-electron chi connectivity index (χ3n) is 4.47. The first-order chi connectivity index (χ1) is 13.2. The summed E-state index contributed by atoms with van der Waals surface area (Å²) in [4.78, 5) is 12.7. The zero-order valence-corrected chi connectivity index (χ0v) is 15.8. The van der Waals surface area contributed by atoms with E-state index in [-0.39, 0.29) is 5.91 Å². The SMILES string of the molecule is CCCc1c(C(=O)NCCc2ccccc2OC)cnn1-c1ccccc1. The van der Waals surface area contributed by atoms with Crippen molar-refractivity contribution in [2.75, 3.05) is 13.7 Å². The number of nitrogens with one attached hydrogen (secondary N) is 1. The minimum absolute atomic E-state index is 0.0875. The summed E-state index contributed by atoms with van der Waals surface area (Å²) in [6.07, 6.45) is 4.12. The Morgan fingerprint density at radius 3 is 2.56 bits per heavy atom. The number of amides is 1. The summed E-state index contributed by atoms with van der Waals surface area (Å²) in [6, 6.07) is 17.8. The van der Waals surface area contributed by atoms with E-state index in [1.807, 2.05) is 59.3 Å². The molecule has 1 aromatic heterocycles. The van der Waals surface area contributed by atoms with Crippen LogP contribution >= 0.6 is 0 Å². The van der Waals surface area contributed by atoms with E-state index in [0.29, 0.717) is 18.5 Å². The van der Waals surface area contributed by atoms with E-state index in [4.69, 9.17) is 4.74 Å². The summed E-state index contributed by atoms with van der Waals surface area (Å²) < 4.78 is 7.22. The monoisotopic (exact) mass is 363 g/mol. The van der Waals surface area contributed by atoms with Crippen LogP contribution in [0.1, 0.15) is 35.0 Å². The molecule has 0 unspecified atom stereocenters. The van der Waals surface area contributed by atoms with E-state index < -0.39 is 0 Å². The number of benzene rings is 2. The molecule has 0 aliphatic carbocycles. The Hall–Kier alpha value is -3.08. The lowest BCUT2D eigenvalue weighted by molar-refractivity contribution is 0.0953. The Balaban J connectivity index is 1.72. The molecule has 27 heavy (non-hydrogen) atoms. The van der Waals surface area contributed by atoms with Crippen molar-refractivity contribution in [3.63, 3.8) is 0 Å². The molecule has 0 atom stereocenters. The maximum atomic E-state index is 12.7. The highest BCUT2D eigenvalue weighted by Gasteiger charge is 2.17. The third-order valence-corrected chi connectivity index (χ3v) is 4.47. The Bertz CT molecular complexity index is 888. The fraction of sp³-hybridized carbons (Fsp3) is 0.273. The van der Waals surface area contributed by atoms with Crippen molar-refractivity contribution < 1.29 is 9.53 Å². The summed E-state index contributed by atoms with van der Waals surface area (Å²) in [5.41, 5.74) is 3.63. The maximum absolute atomic E-state index is 12.7. The fourth-order valence-electron chi connectivity index (χ4n) is 3.15. The van der Waals surface area contributed by atoms with Gasteiger partial charge in [0.2, 0.25) is 0 Å². The molecule has 0 aliphatic rings. The molecule has 0 radical (unpaired) electrons. The van der Waals surface area contributed by atoms with Crippen LogP contribution in [-0.2, 0) is 12.8 Å². The van der Waals surface area contributed by atoms with Crippen molar-refractivity contribution in [3.05, 3.63) is 77.6 Å². The Labute approximate surface area is 160 Å². The summed E-state index contributed by atoms with van der Waals surface area (Å²) in [6.45, 7) is 2.65. The van der Waals surface area contributed by atoms with Crippen LogP contribution in [0.3, 0.4) is 0 Å². The first kappa shape index (κ1) is 18.7. The number of hydrogen-bond acceptors (Lipinski definition) is 3. The van der Waals surface area contributed by atoms with Gasteiger partial charge in [0.25, 0.3) is 5.91 Å². The van der Waals surface area contributed by atoms with Crippen molar-refractivity contribution in [2.45, 2.75) is 26.2 Å². The minimum Gasteiger partial charge on any atom is -0.496 e. The second kappa shape index (κ2) is 9.03. The molecule has 140 valence electrons. The number of aromatic nitrogens is 2. The highest BCUT2D eigenvalue weighted by Crippen LogP contribution is 2.18. The number of rotatable bonds is 8. The molecule has 0 fully saturated rings. The summed E-state index contributed by atoms with van der Waals surface area (Å²) >= 11 is 0. The van der Waals surface area contributed by atoms with Crippen LogP contribution in [0.4, 0.5) is 0 Å². The molecule has 2 aromatic carbocycles. The van der Waals surface area contributed by atoms with Crippen molar-refractivity contribution in [1.29, 1.82) is 0 Å². The predicted molar refractivity (Wildman–Crippen MR) is 107 cm³/mol. The molecule has 0 spiro atoms. The van der Waals surface area contributed by atoms with Gasteiger partial charge >= 0.3 is 0 Å². The largest absolute Gasteiger partial charge is 0.496 e. The minimum atomic E-state index is -0.0875. The topological polar surface area (TPSA) is 56.1 Å². The summed E-state index contributed by atoms with van der Waals surface area (Å²) in [5, 5.41) is 7.47. The zero-order chi connectivity index (χ0) is 19.1. The molecule has 0 aliphatic heterocycles. The van der Waals surface area contributed by atoms with Crippen LogP contribution in [0.25, 0.3) is 5.69 Å². The number of methoxy groups -OCH3 is 1. The molecule has 3 rings (SSSR count). The average Bonchev–Trinajstić information content (AvgIpc) is 3.13. The molecule has 5 heteroatoms. The summed E-state index contributed by atoms with van der Waals surface area (Å²) in [7, 11) is 1.66. The quantitative estimate of drug-likeness (QED) is 0.662. The molecule has 1 heterocycles. The van der Waals surface area contributed by atoms with Crippen LogP contribution in [0.2, 0.25) is 0 Å². The summed E-state index contributed by atoms with van der Waals surface area (Å²) in [5.74, 6) is 0.755. The van der Waals surface area contributed by atoms with E-state index >= 15 is 0 Å². The van der Waals surface area contributed by atoms with Gasteiger partial charge in [-0.15, -0.1) is 0 Å². The van der Waals surface area contributed by atoms with Crippen LogP contribution in [0.5, 0.6) is 5.75 Å². The molecule has 1 N–H and O–H groups in total. The van der Waals surface area contributed by atoms with Crippen molar-refractivity contribution >= 4 is 5.91 Å². The van der Waals surface area contributed by atoms with E-state index in [1.54, 1.807) is 13.3 Å². The van der Waals surface area contributed by atoms with E-state index in [2.05, 4.69) is 17.3 Å². The fourth-order valence-corrected chi connectivity index (χ4v) is 3.15. The van der Waals surface area contributed by atoms with Crippen LogP contribution < -0.4 is 10.1 Å². The van der Waals surface area contributed by atoms with E-state index in [0.717, 1.165) is 35.5 Å². The van der Waals surface area contributed by atoms with Gasteiger partial charge in [0.05, 0.1) is 30.3 Å². The number of carbonyl (C=O) groups is 1. The van der Waals surface area contributed by atoms with Crippen LogP contribution in [0.15, 0.2) is 60.8 Å². The predicted octanol–water partition coefficient (Wildman–Crippen LogP) is 3.81. The number of carbonyl (C=O) groups excluding carboxylic acids is 1.